The van der Waals surface area contributed by atoms with Crippen molar-refractivity contribution in [3.63, 3.8) is 0 Å². The number of alkyl halides is 2. The number of carbonyl (C=O) groups excluding carboxylic acids is 1. The SMILES string of the molecule is CCOc1cc(/C=C/C(=O)N2CCN(CCc3ccccc3)CC2)ccc1OC(F)F. The molecule has 0 aliphatic carbocycles. The maximum atomic E-state index is 12.5. The Bertz CT molecular complexity index is 866. The molecular formula is C24H28F2N2O3. The van der Waals surface area contributed by atoms with E-state index in [0.717, 1.165) is 26.1 Å². The lowest BCUT2D eigenvalue weighted by atomic mass is 10.1. The molecule has 1 heterocycles. The minimum atomic E-state index is -2.92. The van der Waals surface area contributed by atoms with Crippen molar-refractivity contribution in [3.8, 4) is 11.5 Å². The van der Waals surface area contributed by atoms with E-state index in [1.165, 1.54) is 17.7 Å². The maximum Gasteiger partial charge on any atom is 0.387 e. The Hall–Kier alpha value is -2.93. The summed E-state index contributed by atoms with van der Waals surface area (Å²) in [4.78, 5) is 16.7. The van der Waals surface area contributed by atoms with E-state index in [1.54, 1.807) is 25.1 Å². The lowest BCUT2D eigenvalue weighted by Gasteiger charge is -2.34. The van der Waals surface area contributed by atoms with Crippen molar-refractivity contribution < 1.29 is 23.0 Å². The van der Waals surface area contributed by atoms with E-state index in [2.05, 4.69) is 33.9 Å². The van der Waals surface area contributed by atoms with Gasteiger partial charge in [0.15, 0.2) is 11.5 Å². The molecule has 0 unspecified atom stereocenters. The second kappa shape index (κ2) is 11.5. The molecule has 0 spiro atoms. The maximum absolute atomic E-state index is 12.5. The summed E-state index contributed by atoms with van der Waals surface area (Å²) in [6, 6.07) is 15.0. The first-order chi connectivity index (χ1) is 15.0. The molecule has 1 aliphatic heterocycles. The summed E-state index contributed by atoms with van der Waals surface area (Å²) in [6.45, 7) is 3.20. The highest BCUT2D eigenvalue weighted by Crippen LogP contribution is 2.30. The molecular weight excluding hydrogens is 402 g/mol. The van der Waals surface area contributed by atoms with Crippen molar-refractivity contribution in [1.82, 2.24) is 9.80 Å². The number of hydrogen-bond acceptors (Lipinski definition) is 4. The van der Waals surface area contributed by atoms with Crippen LogP contribution in [0.1, 0.15) is 18.1 Å². The Kier molecular flexibility index (Phi) is 8.41. The number of halogens is 2. The molecule has 7 heteroatoms. The van der Waals surface area contributed by atoms with Crippen molar-refractivity contribution in [2.75, 3.05) is 39.3 Å². The van der Waals surface area contributed by atoms with E-state index < -0.39 is 6.61 Å². The Morgan fingerprint density at radius 1 is 1.06 bits per heavy atom. The van der Waals surface area contributed by atoms with Crippen molar-refractivity contribution in [3.05, 3.63) is 65.7 Å². The quantitative estimate of drug-likeness (QED) is 0.562. The van der Waals surface area contributed by atoms with Crippen LogP contribution in [0.4, 0.5) is 8.78 Å². The molecule has 2 aromatic rings. The van der Waals surface area contributed by atoms with Crippen LogP contribution in [-0.4, -0.2) is 61.6 Å². The number of ether oxygens (including phenoxy) is 2. The van der Waals surface area contributed by atoms with Crippen LogP contribution in [-0.2, 0) is 11.2 Å². The standard InChI is InChI=1S/C24H28F2N2O3/c1-2-30-22-18-20(8-10-21(22)31-24(25)26)9-11-23(29)28-16-14-27(15-17-28)13-12-19-6-4-3-5-7-19/h3-11,18,24H,2,12-17H2,1H3/b11-9+. The topological polar surface area (TPSA) is 42.0 Å². The van der Waals surface area contributed by atoms with Crippen molar-refractivity contribution in [2.45, 2.75) is 20.0 Å². The summed E-state index contributed by atoms with van der Waals surface area (Å²) in [5, 5.41) is 0. The number of hydrogen-bond donors (Lipinski definition) is 0. The van der Waals surface area contributed by atoms with Gasteiger partial charge in [0.2, 0.25) is 5.91 Å². The van der Waals surface area contributed by atoms with Gasteiger partial charge in [0, 0.05) is 38.8 Å². The highest BCUT2D eigenvalue weighted by molar-refractivity contribution is 5.92. The molecule has 1 saturated heterocycles. The fraction of sp³-hybridized carbons (Fsp3) is 0.375. The zero-order chi connectivity index (χ0) is 22.1. The fourth-order valence-electron chi connectivity index (χ4n) is 3.49. The van der Waals surface area contributed by atoms with E-state index in [-0.39, 0.29) is 17.4 Å². The Labute approximate surface area is 181 Å². The number of piperazine rings is 1. The van der Waals surface area contributed by atoms with Crippen molar-refractivity contribution in [1.29, 1.82) is 0 Å². The zero-order valence-corrected chi connectivity index (χ0v) is 17.7. The number of carbonyl (C=O) groups is 1. The Balaban J connectivity index is 1.50. The van der Waals surface area contributed by atoms with Crippen LogP contribution in [0.5, 0.6) is 11.5 Å². The molecule has 2 aromatic carbocycles. The highest BCUT2D eigenvalue weighted by atomic mass is 19.3. The van der Waals surface area contributed by atoms with Gasteiger partial charge in [-0.15, -0.1) is 0 Å². The summed E-state index contributed by atoms with van der Waals surface area (Å²) in [5.41, 5.74) is 2.00. The third-order valence-electron chi connectivity index (χ3n) is 5.15. The van der Waals surface area contributed by atoms with Crippen molar-refractivity contribution >= 4 is 12.0 Å². The zero-order valence-electron chi connectivity index (χ0n) is 17.7. The highest BCUT2D eigenvalue weighted by Gasteiger charge is 2.19. The fourth-order valence-corrected chi connectivity index (χ4v) is 3.49. The van der Waals surface area contributed by atoms with Crippen LogP contribution >= 0.6 is 0 Å². The van der Waals surface area contributed by atoms with Crippen LogP contribution in [0.3, 0.4) is 0 Å². The van der Waals surface area contributed by atoms with E-state index in [4.69, 9.17) is 4.74 Å². The van der Waals surface area contributed by atoms with Crippen LogP contribution in [0, 0.1) is 0 Å². The number of rotatable bonds is 9. The molecule has 0 bridgehead atoms. The average molecular weight is 430 g/mol. The summed E-state index contributed by atoms with van der Waals surface area (Å²) < 4.78 is 34.9. The number of amides is 1. The predicted octanol–water partition coefficient (Wildman–Crippen LogP) is 4.09. The van der Waals surface area contributed by atoms with Gasteiger partial charge >= 0.3 is 6.61 Å². The molecule has 5 nitrogen and oxygen atoms in total. The molecule has 1 amide bonds. The van der Waals surface area contributed by atoms with Crippen LogP contribution in [0.2, 0.25) is 0 Å². The van der Waals surface area contributed by atoms with E-state index in [1.807, 2.05) is 11.0 Å². The molecule has 166 valence electrons. The summed E-state index contributed by atoms with van der Waals surface area (Å²) >= 11 is 0. The van der Waals surface area contributed by atoms with Gasteiger partial charge < -0.3 is 14.4 Å². The molecule has 0 radical (unpaired) electrons. The average Bonchev–Trinajstić information content (AvgIpc) is 2.78. The van der Waals surface area contributed by atoms with E-state index >= 15 is 0 Å². The second-order valence-electron chi connectivity index (χ2n) is 7.25. The van der Waals surface area contributed by atoms with Gasteiger partial charge in [0.25, 0.3) is 0 Å². The smallest absolute Gasteiger partial charge is 0.387 e. The van der Waals surface area contributed by atoms with Gasteiger partial charge in [0.1, 0.15) is 0 Å². The van der Waals surface area contributed by atoms with Gasteiger partial charge in [-0.2, -0.15) is 8.78 Å². The van der Waals surface area contributed by atoms with Crippen LogP contribution in [0.15, 0.2) is 54.6 Å². The predicted molar refractivity (Wildman–Crippen MR) is 116 cm³/mol. The van der Waals surface area contributed by atoms with E-state index in [0.29, 0.717) is 25.3 Å². The molecule has 0 saturated carbocycles. The molecule has 0 atom stereocenters. The monoisotopic (exact) mass is 430 g/mol. The van der Waals surface area contributed by atoms with Gasteiger partial charge in [-0.3, -0.25) is 9.69 Å². The third kappa shape index (κ3) is 7.07. The molecule has 1 fully saturated rings. The third-order valence-corrected chi connectivity index (χ3v) is 5.15. The number of nitrogens with zero attached hydrogens (tertiary/aromatic N) is 2. The van der Waals surface area contributed by atoms with Crippen molar-refractivity contribution in [2.24, 2.45) is 0 Å². The van der Waals surface area contributed by atoms with Crippen LogP contribution < -0.4 is 9.47 Å². The number of benzene rings is 2. The first kappa shape index (κ1) is 22.7. The largest absolute Gasteiger partial charge is 0.490 e. The summed E-state index contributed by atoms with van der Waals surface area (Å²) in [6.07, 6.45) is 4.18. The van der Waals surface area contributed by atoms with Gasteiger partial charge in [0.05, 0.1) is 6.61 Å². The summed E-state index contributed by atoms with van der Waals surface area (Å²) in [5.74, 6) is 0.143. The normalized spacial score (nSPS) is 14.9. The minimum Gasteiger partial charge on any atom is -0.490 e. The first-order valence-corrected chi connectivity index (χ1v) is 10.5. The molecule has 31 heavy (non-hydrogen) atoms. The lowest BCUT2D eigenvalue weighted by Crippen LogP contribution is -2.48. The molecule has 1 aliphatic rings. The van der Waals surface area contributed by atoms with Gasteiger partial charge in [-0.1, -0.05) is 36.4 Å². The Morgan fingerprint density at radius 2 is 1.81 bits per heavy atom. The second-order valence-corrected chi connectivity index (χ2v) is 7.25. The minimum absolute atomic E-state index is 0.0213. The van der Waals surface area contributed by atoms with Crippen LogP contribution in [0.25, 0.3) is 6.08 Å². The summed E-state index contributed by atoms with van der Waals surface area (Å²) in [7, 11) is 0. The molecule has 0 N–H and O–H groups in total. The first-order valence-electron chi connectivity index (χ1n) is 10.5. The lowest BCUT2D eigenvalue weighted by molar-refractivity contribution is -0.127. The molecule has 3 rings (SSSR count). The Morgan fingerprint density at radius 3 is 2.48 bits per heavy atom. The van der Waals surface area contributed by atoms with E-state index in [9.17, 15) is 13.6 Å². The van der Waals surface area contributed by atoms with Gasteiger partial charge in [-0.25, -0.2) is 0 Å². The van der Waals surface area contributed by atoms with Gasteiger partial charge in [-0.05, 0) is 42.7 Å². The molecule has 0 aromatic heterocycles.